The summed E-state index contributed by atoms with van der Waals surface area (Å²) in [5.41, 5.74) is 17.3. The number of aromatic hydroxyl groups is 1. The highest BCUT2D eigenvalue weighted by atomic mass is 33.1. The first-order valence-electron chi connectivity index (χ1n) is 23.0. The summed E-state index contributed by atoms with van der Waals surface area (Å²) in [6, 6.07) is 4.88. The smallest absolute Gasteiger partial charge is 0.246 e. The van der Waals surface area contributed by atoms with Crippen molar-refractivity contribution >= 4 is 86.6 Å². The molecule has 0 saturated carbocycles. The van der Waals surface area contributed by atoms with Crippen molar-refractivity contribution in [3.05, 3.63) is 65.7 Å². The quantitative estimate of drug-likeness (QED) is 0.0740. The molecule has 0 spiro atoms. The van der Waals surface area contributed by atoms with Crippen LogP contribution in [0.25, 0.3) is 0 Å². The zero-order valence-electron chi connectivity index (χ0n) is 39.4. The molecule has 2 saturated heterocycles. The molecule has 0 radical (unpaired) electrons. The highest BCUT2D eigenvalue weighted by Gasteiger charge is 2.40. The molecular weight excluding hydrogens is 963 g/mol. The summed E-state index contributed by atoms with van der Waals surface area (Å²) in [6.45, 7) is 3.24. The number of carbonyl (C=O) groups excluding carboxylic acids is 11. The number of rotatable bonds is 17. The van der Waals surface area contributed by atoms with Crippen LogP contribution in [0.2, 0.25) is 0 Å². The molecule has 0 unspecified atom stereocenters. The molecular formula is C46H63N11O12S2. The number of carbonyl (C=O) groups is 11. The lowest BCUT2D eigenvalue weighted by Gasteiger charge is -2.31. The van der Waals surface area contributed by atoms with Gasteiger partial charge in [-0.05, 0) is 54.9 Å². The number of phenolic OH excluding ortho intramolecular Hbond substituents is 1. The van der Waals surface area contributed by atoms with Crippen molar-refractivity contribution in [1.82, 2.24) is 42.1 Å². The van der Waals surface area contributed by atoms with Gasteiger partial charge in [0.1, 0.15) is 48.0 Å². The van der Waals surface area contributed by atoms with Crippen molar-refractivity contribution in [2.45, 2.75) is 114 Å². The lowest BCUT2D eigenvalue weighted by molar-refractivity contribution is -0.142. The first-order chi connectivity index (χ1) is 33.7. The molecule has 71 heavy (non-hydrogen) atoms. The molecule has 0 aromatic heterocycles. The maximum atomic E-state index is 14.5. The van der Waals surface area contributed by atoms with Gasteiger partial charge >= 0.3 is 0 Å². The van der Waals surface area contributed by atoms with E-state index in [2.05, 4.69) is 37.2 Å². The summed E-state index contributed by atoms with van der Waals surface area (Å²) < 4.78 is 0. The van der Waals surface area contributed by atoms with E-state index in [1.807, 2.05) is 13.8 Å². The van der Waals surface area contributed by atoms with E-state index < -0.39 is 133 Å². The van der Waals surface area contributed by atoms with Crippen molar-refractivity contribution in [3.8, 4) is 5.75 Å². The van der Waals surface area contributed by atoms with E-state index >= 15 is 0 Å². The Hall–Kier alpha value is -6.89. The number of amides is 11. The summed E-state index contributed by atoms with van der Waals surface area (Å²) in [5.74, 6) is -9.23. The predicted octanol–water partition coefficient (Wildman–Crippen LogP) is -2.35. The molecule has 0 aliphatic carbocycles. The van der Waals surface area contributed by atoms with Crippen molar-refractivity contribution in [3.63, 3.8) is 0 Å². The standard InChI is InChI=1S/C46H63N11O12S2/c1-25(2)19-30(40(63)50-23-38(49)61)55-45(68)35-9-6-17-57(35)46(69)34-24-71-70-18-16-39(62)51-31(21-27-10-12-28(58)13-11-27)42(65)53-32(20-26-7-4-3-5-8-26)43(66)52-29(14-15-36(47)59)41(64)54-33(22-37(48)60)44(67)56-34/h3-5,7-8,10-13,25,29-35,58H,6,9,14-24H2,1-2H3,(H2,47,59)(H2,48,60)(H2,49,61)(H,50,63)(H,51,62)(H,52,66)(H,53,65)(H,54,64)(H,55,68)(H,56,67)/t29-,30-,31-,32-,33-,34-,35-/m0/s1. The molecule has 7 atom stereocenters. The lowest BCUT2D eigenvalue weighted by atomic mass is 10.0. The van der Waals surface area contributed by atoms with Gasteiger partial charge in [-0.15, -0.1) is 0 Å². The average molecular weight is 1030 g/mol. The number of nitrogens with zero attached hydrogens (tertiary/aromatic N) is 1. The van der Waals surface area contributed by atoms with Crippen LogP contribution in [-0.2, 0) is 65.6 Å². The van der Waals surface area contributed by atoms with Gasteiger partial charge in [-0.25, -0.2) is 0 Å². The number of hydrogen-bond donors (Lipinski definition) is 11. The summed E-state index contributed by atoms with van der Waals surface area (Å²) >= 11 is 0. The topological polar surface area (TPSA) is 374 Å². The fourth-order valence-corrected chi connectivity index (χ4v) is 9.86. The largest absolute Gasteiger partial charge is 0.508 e. The van der Waals surface area contributed by atoms with E-state index in [1.165, 1.54) is 17.0 Å². The Morgan fingerprint density at radius 2 is 1.32 bits per heavy atom. The fraction of sp³-hybridized carbons (Fsp3) is 0.500. The van der Waals surface area contributed by atoms with Crippen LogP contribution in [0.4, 0.5) is 0 Å². The van der Waals surface area contributed by atoms with E-state index in [1.54, 1.807) is 42.5 Å². The van der Waals surface area contributed by atoms with Crippen LogP contribution < -0.4 is 54.4 Å². The second-order valence-electron chi connectivity index (χ2n) is 17.5. The molecule has 11 amide bonds. The minimum absolute atomic E-state index is 0.0337. The van der Waals surface area contributed by atoms with E-state index in [4.69, 9.17) is 17.2 Å². The van der Waals surface area contributed by atoms with Gasteiger partial charge in [-0.1, -0.05) is 77.9 Å². The van der Waals surface area contributed by atoms with Gasteiger partial charge in [-0.2, -0.15) is 0 Å². The van der Waals surface area contributed by atoms with Crippen LogP contribution in [0.1, 0.15) is 69.9 Å². The molecule has 25 heteroatoms. The van der Waals surface area contributed by atoms with Gasteiger partial charge in [0.15, 0.2) is 0 Å². The molecule has 2 aliphatic heterocycles. The number of phenols is 1. The van der Waals surface area contributed by atoms with Crippen LogP contribution >= 0.6 is 21.6 Å². The average Bonchev–Trinajstić information content (AvgIpc) is 3.81. The molecule has 4 rings (SSSR count). The predicted molar refractivity (Wildman–Crippen MR) is 262 cm³/mol. The Labute approximate surface area is 418 Å². The van der Waals surface area contributed by atoms with E-state index in [9.17, 15) is 57.8 Å². The highest BCUT2D eigenvalue weighted by molar-refractivity contribution is 8.76. The van der Waals surface area contributed by atoms with Crippen LogP contribution in [0.15, 0.2) is 54.6 Å². The third-order valence-corrected chi connectivity index (χ3v) is 13.7. The zero-order chi connectivity index (χ0) is 52.2. The molecule has 23 nitrogen and oxygen atoms in total. The van der Waals surface area contributed by atoms with Crippen LogP contribution in [0.3, 0.4) is 0 Å². The number of likely N-dealkylation sites (tertiary alicyclic amines) is 1. The van der Waals surface area contributed by atoms with Gasteiger partial charge in [0.25, 0.3) is 0 Å². The molecule has 0 bridgehead atoms. The third kappa shape index (κ3) is 19.1. The van der Waals surface area contributed by atoms with Gasteiger partial charge in [-0.3, -0.25) is 52.7 Å². The van der Waals surface area contributed by atoms with Crippen molar-refractivity contribution in [2.24, 2.45) is 23.1 Å². The van der Waals surface area contributed by atoms with E-state index in [0.717, 1.165) is 21.6 Å². The zero-order valence-corrected chi connectivity index (χ0v) is 41.1. The second kappa shape index (κ2) is 28.1. The summed E-state index contributed by atoms with van der Waals surface area (Å²) in [5, 5.41) is 27.9. The molecule has 2 aromatic rings. The number of primary amides is 3. The molecule has 386 valence electrons. The molecule has 2 aromatic carbocycles. The monoisotopic (exact) mass is 1030 g/mol. The number of hydrogen-bond acceptors (Lipinski definition) is 14. The Kier molecular flexibility index (Phi) is 22.4. The van der Waals surface area contributed by atoms with Gasteiger partial charge < -0.3 is 64.4 Å². The Balaban J connectivity index is 1.69. The van der Waals surface area contributed by atoms with Gasteiger partial charge in [0.05, 0.1) is 13.0 Å². The number of benzene rings is 2. The highest BCUT2D eigenvalue weighted by Crippen LogP contribution is 2.26. The Morgan fingerprint density at radius 3 is 1.94 bits per heavy atom. The van der Waals surface area contributed by atoms with Crippen molar-refractivity contribution in [1.29, 1.82) is 0 Å². The van der Waals surface area contributed by atoms with Crippen molar-refractivity contribution in [2.75, 3.05) is 24.6 Å². The third-order valence-electron chi connectivity index (χ3n) is 11.3. The maximum absolute atomic E-state index is 14.5. The van der Waals surface area contributed by atoms with Gasteiger partial charge in [0, 0.05) is 43.7 Å². The van der Waals surface area contributed by atoms with E-state index in [0.29, 0.717) is 17.5 Å². The summed E-state index contributed by atoms with van der Waals surface area (Å²) in [7, 11) is 2.23. The Bertz CT molecular complexity index is 2260. The molecule has 2 heterocycles. The maximum Gasteiger partial charge on any atom is 0.246 e. The van der Waals surface area contributed by atoms with Crippen LogP contribution in [0, 0.1) is 5.92 Å². The summed E-state index contributed by atoms with van der Waals surface area (Å²) in [4.78, 5) is 149. The number of nitrogens with two attached hydrogens (primary N) is 3. The lowest BCUT2D eigenvalue weighted by Crippen LogP contribution is -2.61. The fourth-order valence-electron chi connectivity index (χ4n) is 7.71. The van der Waals surface area contributed by atoms with Crippen LogP contribution in [-0.4, -0.2) is 142 Å². The summed E-state index contributed by atoms with van der Waals surface area (Å²) in [6.07, 6.45) is -1.21. The van der Waals surface area contributed by atoms with Crippen LogP contribution in [0.5, 0.6) is 5.75 Å². The number of nitrogens with one attached hydrogen (secondary N) is 7. The molecule has 2 fully saturated rings. The first kappa shape index (κ1) is 56.7. The first-order valence-corrected chi connectivity index (χ1v) is 25.5. The minimum atomic E-state index is -1.75. The SMILES string of the molecule is CC(C)C[C@H](NC(=O)[C@@H]1CCCN1C(=O)[C@@H]1CSSCCC(=O)N[C@@H](Cc2ccc(O)cc2)C(=O)N[C@@H](Cc2ccccc2)C(=O)N[C@@H](CCC(N)=O)C(=O)N[C@@H](CC(N)=O)C(=O)N1)C(=O)NCC(N)=O. The van der Waals surface area contributed by atoms with E-state index in [-0.39, 0.29) is 61.8 Å². The van der Waals surface area contributed by atoms with Gasteiger partial charge in [0.2, 0.25) is 65.0 Å². The molecule has 14 N–H and O–H groups in total. The molecule has 2 aliphatic rings. The second-order valence-corrected chi connectivity index (χ2v) is 20.1. The Morgan fingerprint density at radius 1 is 0.732 bits per heavy atom. The van der Waals surface area contributed by atoms with Crippen molar-refractivity contribution < 1.29 is 57.8 Å². The normalized spacial score (nSPS) is 22.4. The minimum Gasteiger partial charge on any atom is -0.508 e.